The van der Waals surface area contributed by atoms with Gasteiger partial charge < -0.3 is 0 Å². The molecule has 0 radical (unpaired) electrons. The normalized spacial score (nSPS) is 14.9. The molecule has 0 N–H and O–H groups in total. The Labute approximate surface area is 110 Å². The van der Waals surface area contributed by atoms with E-state index in [9.17, 15) is 0 Å². The Balaban J connectivity index is 2.33. The molecule has 0 bridgehead atoms. The zero-order chi connectivity index (χ0) is 12.0. The third kappa shape index (κ3) is 1.78. The average Bonchev–Trinajstić information content (AvgIpc) is 3.13. The first kappa shape index (κ1) is 10.9. The standard InChI is InChI=1S/C14H9Cl2N/c15-13-6-14(16)12(7-17)10-4-3-9(5-11(10)13)8-1-2-8/h3-6,8H,1-2H2. The van der Waals surface area contributed by atoms with Gasteiger partial charge in [0, 0.05) is 15.8 Å². The second kappa shape index (κ2) is 3.91. The van der Waals surface area contributed by atoms with Crippen LogP contribution in [0.15, 0.2) is 24.3 Å². The maximum Gasteiger partial charge on any atom is 0.101 e. The lowest BCUT2D eigenvalue weighted by atomic mass is 10.0. The maximum absolute atomic E-state index is 9.12. The summed E-state index contributed by atoms with van der Waals surface area (Å²) in [5.74, 6) is 0.677. The summed E-state index contributed by atoms with van der Waals surface area (Å²) in [5.41, 5.74) is 1.82. The summed E-state index contributed by atoms with van der Waals surface area (Å²) in [4.78, 5) is 0. The van der Waals surface area contributed by atoms with Gasteiger partial charge in [-0.3, -0.25) is 0 Å². The molecule has 2 aromatic rings. The van der Waals surface area contributed by atoms with Crippen LogP contribution >= 0.6 is 23.2 Å². The summed E-state index contributed by atoms with van der Waals surface area (Å²) in [6, 6.07) is 9.92. The third-order valence-electron chi connectivity index (χ3n) is 3.22. The van der Waals surface area contributed by atoms with Gasteiger partial charge in [-0.15, -0.1) is 0 Å². The molecule has 1 saturated carbocycles. The van der Waals surface area contributed by atoms with Crippen molar-refractivity contribution in [2.24, 2.45) is 0 Å². The summed E-state index contributed by atoms with van der Waals surface area (Å²) in [5, 5.41) is 11.9. The van der Waals surface area contributed by atoms with E-state index >= 15 is 0 Å². The number of hydrogen-bond donors (Lipinski definition) is 0. The Kier molecular flexibility index (Phi) is 2.50. The van der Waals surface area contributed by atoms with Crippen LogP contribution in [-0.4, -0.2) is 0 Å². The van der Waals surface area contributed by atoms with Crippen LogP contribution in [0.4, 0.5) is 0 Å². The molecule has 84 valence electrons. The van der Waals surface area contributed by atoms with Crippen LogP contribution < -0.4 is 0 Å². The van der Waals surface area contributed by atoms with Crippen molar-refractivity contribution in [3.63, 3.8) is 0 Å². The second-order valence-electron chi connectivity index (χ2n) is 4.41. The molecule has 1 aliphatic carbocycles. The first-order valence-electron chi connectivity index (χ1n) is 5.52. The van der Waals surface area contributed by atoms with Gasteiger partial charge >= 0.3 is 0 Å². The maximum atomic E-state index is 9.12. The van der Waals surface area contributed by atoms with Crippen molar-refractivity contribution in [1.82, 2.24) is 0 Å². The Morgan fingerprint density at radius 3 is 2.47 bits per heavy atom. The minimum Gasteiger partial charge on any atom is -0.192 e. The van der Waals surface area contributed by atoms with Gasteiger partial charge in [-0.05, 0) is 36.5 Å². The van der Waals surface area contributed by atoms with E-state index in [1.807, 2.05) is 6.07 Å². The van der Waals surface area contributed by atoms with Crippen LogP contribution in [0.5, 0.6) is 0 Å². The van der Waals surface area contributed by atoms with Crippen LogP contribution in [0, 0.1) is 11.3 Å². The first-order valence-corrected chi connectivity index (χ1v) is 6.28. The van der Waals surface area contributed by atoms with Gasteiger partial charge in [-0.25, -0.2) is 0 Å². The van der Waals surface area contributed by atoms with Crippen LogP contribution in [0.2, 0.25) is 10.0 Å². The number of halogens is 2. The zero-order valence-corrected chi connectivity index (χ0v) is 10.5. The number of fused-ring (bicyclic) bond motifs is 1. The van der Waals surface area contributed by atoms with Crippen LogP contribution in [-0.2, 0) is 0 Å². The second-order valence-corrected chi connectivity index (χ2v) is 5.22. The minimum absolute atomic E-state index is 0.421. The van der Waals surface area contributed by atoms with Crippen LogP contribution in [0.3, 0.4) is 0 Å². The molecule has 0 saturated heterocycles. The van der Waals surface area contributed by atoms with Crippen molar-refractivity contribution in [2.75, 3.05) is 0 Å². The van der Waals surface area contributed by atoms with Crippen molar-refractivity contribution in [3.8, 4) is 6.07 Å². The molecule has 0 spiro atoms. The molecule has 0 aliphatic heterocycles. The largest absolute Gasteiger partial charge is 0.192 e. The molecule has 1 nitrogen and oxygen atoms in total. The molecule has 0 aromatic heterocycles. The summed E-state index contributed by atoms with van der Waals surface area (Å²) < 4.78 is 0. The average molecular weight is 262 g/mol. The highest BCUT2D eigenvalue weighted by Gasteiger charge is 2.24. The van der Waals surface area contributed by atoms with Gasteiger partial charge in [0.2, 0.25) is 0 Å². The third-order valence-corrected chi connectivity index (χ3v) is 3.83. The van der Waals surface area contributed by atoms with Crippen LogP contribution in [0.1, 0.15) is 29.9 Å². The fourth-order valence-electron chi connectivity index (χ4n) is 2.15. The summed E-state index contributed by atoms with van der Waals surface area (Å²) in [6.45, 7) is 0. The quantitative estimate of drug-likeness (QED) is 0.717. The number of rotatable bonds is 1. The number of benzene rings is 2. The molecule has 3 rings (SSSR count). The molecule has 2 aromatic carbocycles. The van der Waals surface area contributed by atoms with Crippen molar-refractivity contribution < 1.29 is 0 Å². The monoisotopic (exact) mass is 261 g/mol. The lowest BCUT2D eigenvalue weighted by Crippen LogP contribution is -1.86. The molecule has 0 atom stereocenters. The Morgan fingerprint density at radius 2 is 1.82 bits per heavy atom. The van der Waals surface area contributed by atoms with Gasteiger partial charge in [-0.1, -0.05) is 35.3 Å². The van der Waals surface area contributed by atoms with Crippen LogP contribution in [0.25, 0.3) is 10.8 Å². The van der Waals surface area contributed by atoms with E-state index < -0.39 is 0 Å². The SMILES string of the molecule is N#Cc1c(Cl)cc(Cl)c2cc(C3CC3)ccc12. The lowest BCUT2D eigenvalue weighted by molar-refractivity contribution is 1.14. The topological polar surface area (TPSA) is 23.8 Å². The Hall–Kier alpha value is -1.23. The van der Waals surface area contributed by atoms with Crippen molar-refractivity contribution >= 4 is 34.0 Å². The molecule has 0 heterocycles. The summed E-state index contributed by atoms with van der Waals surface area (Å²) in [6.07, 6.45) is 2.50. The predicted molar refractivity (Wildman–Crippen MR) is 70.7 cm³/mol. The minimum atomic E-state index is 0.421. The van der Waals surface area contributed by atoms with Gasteiger partial charge in [0.25, 0.3) is 0 Å². The van der Waals surface area contributed by atoms with E-state index in [4.69, 9.17) is 28.5 Å². The molecule has 17 heavy (non-hydrogen) atoms. The summed E-state index contributed by atoms with van der Waals surface area (Å²) in [7, 11) is 0. The van der Waals surface area contributed by atoms with Crippen molar-refractivity contribution in [3.05, 3.63) is 45.4 Å². The van der Waals surface area contributed by atoms with E-state index in [0.717, 1.165) is 10.8 Å². The molecule has 1 aliphatic rings. The molecular weight excluding hydrogens is 253 g/mol. The molecule has 3 heteroatoms. The number of nitrogens with zero attached hydrogens (tertiary/aromatic N) is 1. The van der Waals surface area contributed by atoms with Crippen molar-refractivity contribution in [2.45, 2.75) is 18.8 Å². The van der Waals surface area contributed by atoms with E-state index in [1.165, 1.54) is 18.4 Å². The van der Waals surface area contributed by atoms with Gasteiger partial charge in [0.05, 0.1) is 10.6 Å². The molecule has 0 unspecified atom stereocenters. The Bertz CT molecular complexity index is 651. The van der Waals surface area contributed by atoms with E-state index in [0.29, 0.717) is 21.5 Å². The zero-order valence-electron chi connectivity index (χ0n) is 9.00. The fourth-order valence-corrected chi connectivity index (χ4v) is 2.73. The highest BCUT2D eigenvalue weighted by atomic mass is 35.5. The highest BCUT2D eigenvalue weighted by Crippen LogP contribution is 2.42. The lowest BCUT2D eigenvalue weighted by Gasteiger charge is -2.07. The summed E-state index contributed by atoms with van der Waals surface area (Å²) >= 11 is 12.2. The van der Waals surface area contributed by atoms with Gasteiger partial charge in [0.1, 0.15) is 6.07 Å². The Morgan fingerprint density at radius 1 is 1.06 bits per heavy atom. The van der Waals surface area contributed by atoms with Gasteiger partial charge in [0.15, 0.2) is 0 Å². The van der Waals surface area contributed by atoms with E-state index in [2.05, 4.69) is 18.2 Å². The predicted octanol–water partition coefficient (Wildman–Crippen LogP) is 4.90. The molecular formula is C14H9Cl2N. The van der Waals surface area contributed by atoms with Gasteiger partial charge in [-0.2, -0.15) is 5.26 Å². The first-order chi connectivity index (χ1) is 8.20. The molecule has 0 amide bonds. The molecule has 1 fully saturated rings. The highest BCUT2D eigenvalue weighted by molar-refractivity contribution is 6.39. The smallest absolute Gasteiger partial charge is 0.101 e. The number of hydrogen-bond acceptors (Lipinski definition) is 1. The number of nitriles is 1. The van der Waals surface area contributed by atoms with E-state index in [-0.39, 0.29) is 0 Å². The van der Waals surface area contributed by atoms with E-state index in [1.54, 1.807) is 6.07 Å². The fraction of sp³-hybridized carbons (Fsp3) is 0.214. The van der Waals surface area contributed by atoms with Crippen molar-refractivity contribution in [1.29, 1.82) is 5.26 Å².